The minimum absolute atomic E-state index is 0.0946. The molecule has 0 radical (unpaired) electrons. The van der Waals surface area contributed by atoms with Crippen LogP contribution in [0.3, 0.4) is 0 Å². The van der Waals surface area contributed by atoms with Gasteiger partial charge < -0.3 is 14.7 Å². The number of ether oxygens (including phenoxy) is 1. The van der Waals surface area contributed by atoms with Gasteiger partial charge in [0.25, 0.3) is 0 Å². The summed E-state index contributed by atoms with van der Waals surface area (Å²) < 4.78 is 5.44. The first-order valence-electron chi connectivity index (χ1n) is 5.72. The van der Waals surface area contributed by atoms with Crippen molar-refractivity contribution in [2.24, 2.45) is 5.92 Å². The maximum Gasteiger partial charge on any atom is 0.0593 e. The first kappa shape index (κ1) is 12.0. The summed E-state index contributed by atoms with van der Waals surface area (Å²) in [5, 5.41) is 9.55. The zero-order valence-corrected chi connectivity index (χ0v) is 9.41. The summed E-state index contributed by atoms with van der Waals surface area (Å²) in [5.41, 5.74) is 0. The number of aliphatic hydroxyl groups excluding tert-OH is 1. The highest BCUT2D eigenvalue weighted by atomic mass is 16.5. The zero-order valence-electron chi connectivity index (χ0n) is 9.41. The van der Waals surface area contributed by atoms with E-state index in [1.807, 2.05) is 0 Å². The Labute approximate surface area is 87.1 Å². The first-order chi connectivity index (χ1) is 6.74. The number of likely N-dealkylation sites (tertiary alicyclic amines) is 1. The van der Waals surface area contributed by atoms with E-state index in [1.165, 1.54) is 0 Å². The maximum absolute atomic E-state index is 9.55. The highest BCUT2D eigenvalue weighted by molar-refractivity contribution is 4.76. The van der Waals surface area contributed by atoms with Crippen LogP contribution >= 0.6 is 0 Å². The van der Waals surface area contributed by atoms with E-state index in [0.29, 0.717) is 5.92 Å². The SMILES string of the molecule is CCCOCCN1CCC(O)C(C)C1. The Morgan fingerprint density at radius 2 is 2.21 bits per heavy atom. The summed E-state index contributed by atoms with van der Waals surface area (Å²) in [4.78, 5) is 2.38. The molecule has 3 nitrogen and oxygen atoms in total. The van der Waals surface area contributed by atoms with Crippen LogP contribution in [0.15, 0.2) is 0 Å². The molecule has 1 N–H and O–H groups in total. The summed E-state index contributed by atoms with van der Waals surface area (Å²) in [7, 11) is 0. The van der Waals surface area contributed by atoms with E-state index in [9.17, 15) is 5.11 Å². The molecule has 0 bridgehead atoms. The fourth-order valence-electron chi connectivity index (χ4n) is 1.86. The van der Waals surface area contributed by atoms with Crippen molar-refractivity contribution in [1.29, 1.82) is 0 Å². The molecule has 0 saturated carbocycles. The van der Waals surface area contributed by atoms with Crippen molar-refractivity contribution in [2.75, 3.05) is 32.8 Å². The number of piperidine rings is 1. The summed E-state index contributed by atoms with van der Waals surface area (Å²) in [6, 6.07) is 0. The monoisotopic (exact) mass is 201 g/mol. The Morgan fingerprint density at radius 3 is 2.86 bits per heavy atom. The number of nitrogens with zero attached hydrogens (tertiary/aromatic N) is 1. The fourth-order valence-corrected chi connectivity index (χ4v) is 1.86. The molecule has 0 spiro atoms. The van der Waals surface area contributed by atoms with Gasteiger partial charge in [-0.25, -0.2) is 0 Å². The van der Waals surface area contributed by atoms with Crippen LogP contribution in [0.5, 0.6) is 0 Å². The van der Waals surface area contributed by atoms with Gasteiger partial charge in [-0.2, -0.15) is 0 Å². The molecule has 1 rings (SSSR count). The molecule has 1 aliphatic rings. The fraction of sp³-hybridized carbons (Fsp3) is 1.00. The van der Waals surface area contributed by atoms with Crippen molar-refractivity contribution in [3.63, 3.8) is 0 Å². The van der Waals surface area contributed by atoms with Gasteiger partial charge in [-0.3, -0.25) is 0 Å². The molecule has 14 heavy (non-hydrogen) atoms. The topological polar surface area (TPSA) is 32.7 Å². The van der Waals surface area contributed by atoms with Crippen LogP contribution in [-0.4, -0.2) is 49.0 Å². The second-order valence-electron chi connectivity index (χ2n) is 4.25. The molecular weight excluding hydrogens is 178 g/mol. The third-order valence-corrected chi connectivity index (χ3v) is 2.84. The number of rotatable bonds is 5. The lowest BCUT2D eigenvalue weighted by atomic mass is 9.97. The highest BCUT2D eigenvalue weighted by Crippen LogP contribution is 2.15. The average molecular weight is 201 g/mol. The summed E-state index contributed by atoms with van der Waals surface area (Å²) >= 11 is 0. The molecule has 1 saturated heterocycles. The quantitative estimate of drug-likeness (QED) is 0.676. The van der Waals surface area contributed by atoms with E-state index < -0.39 is 0 Å². The van der Waals surface area contributed by atoms with Crippen LogP contribution in [-0.2, 0) is 4.74 Å². The van der Waals surface area contributed by atoms with E-state index in [0.717, 1.165) is 45.7 Å². The van der Waals surface area contributed by atoms with E-state index in [-0.39, 0.29) is 6.10 Å². The van der Waals surface area contributed by atoms with Gasteiger partial charge in [0.1, 0.15) is 0 Å². The van der Waals surface area contributed by atoms with Crippen molar-refractivity contribution in [1.82, 2.24) is 4.90 Å². The minimum atomic E-state index is -0.0946. The molecule has 1 fully saturated rings. The molecule has 3 heteroatoms. The van der Waals surface area contributed by atoms with E-state index >= 15 is 0 Å². The third kappa shape index (κ3) is 3.95. The van der Waals surface area contributed by atoms with E-state index in [4.69, 9.17) is 4.74 Å². The molecule has 2 unspecified atom stereocenters. The molecule has 84 valence electrons. The second-order valence-corrected chi connectivity index (χ2v) is 4.25. The highest BCUT2D eigenvalue weighted by Gasteiger charge is 2.23. The van der Waals surface area contributed by atoms with Crippen molar-refractivity contribution in [3.05, 3.63) is 0 Å². The Kier molecular flexibility index (Phi) is 5.45. The predicted octanol–water partition coefficient (Wildman–Crippen LogP) is 1.12. The number of hydrogen-bond acceptors (Lipinski definition) is 3. The van der Waals surface area contributed by atoms with Gasteiger partial charge in [-0.15, -0.1) is 0 Å². The van der Waals surface area contributed by atoms with Crippen molar-refractivity contribution < 1.29 is 9.84 Å². The lowest BCUT2D eigenvalue weighted by molar-refractivity contribution is 0.0203. The summed E-state index contributed by atoms with van der Waals surface area (Å²) in [6.07, 6.45) is 1.91. The van der Waals surface area contributed by atoms with Crippen LogP contribution in [0.25, 0.3) is 0 Å². The predicted molar refractivity (Wildman–Crippen MR) is 57.3 cm³/mol. The van der Waals surface area contributed by atoms with Gasteiger partial charge in [0.05, 0.1) is 12.7 Å². The van der Waals surface area contributed by atoms with Crippen molar-refractivity contribution in [2.45, 2.75) is 32.8 Å². The third-order valence-electron chi connectivity index (χ3n) is 2.84. The first-order valence-corrected chi connectivity index (χ1v) is 5.72. The van der Waals surface area contributed by atoms with Crippen LogP contribution in [0.4, 0.5) is 0 Å². The van der Waals surface area contributed by atoms with Crippen LogP contribution < -0.4 is 0 Å². The average Bonchev–Trinajstić information content (AvgIpc) is 2.18. The summed E-state index contributed by atoms with van der Waals surface area (Å²) in [5.74, 6) is 0.412. The number of aliphatic hydroxyl groups is 1. The van der Waals surface area contributed by atoms with E-state index in [1.54, 1.807) is 0 Å². The molecule has 0 aliphatic carbocycles. The molecule has 0 aromatic carbocycles. The molecule has 0 aromatic heterocycles. The largest absolute Gasteiger partial charge is 0.393 e. The van der Waals surface area contributed by atoms with Gasteiger partial charge in [0, 0.05) is 26.2 Å². The van der Waals surface area contributed by atoms with Gasteiger partial charge in [-0.1, -0.05) is 13.8 Å². The molecule has 0 amide bonds. The van der Waals surface area contributed by atoms with Crippen LogP contribution in [0, 0.1) is 5.92 Å². The van der Waals surface area contributed by atoms with Gasteiger partial charge in [0.2, 0.25) is 0 Å². The smallest absolute Gasteiger partial charge is 0.0593 e. The molecule has 1 heterocycles. The minimum Gasteiger partial charge on any atom is -0.393 e. The molecular formula is C11H23NO2. The van der Waals surface area contributed by atoms with Crippen molar-refractivity contribution in [3.8, 4) is 0 Å². The van der Waals surface area contributed by atoms with Gasteiger partial charge >= 0.3 is 0 Å². The standard InChI is InChI=1S/C11H23NO2/c1-3-7-14-8-6-12-5-4-11(13)10(2)9-12/h10-11,13H,3-9H2,1-2H3. The molecule has 0 aromatic rings. The zero-order chi connectivity index (χ0) is 10.4. The Morgan fingerprint density at radius 1 is 1.43 bits per heavy atom. The van der Waals surface area contributed by atoms with Crippen molar-refractivity contribution >= 4 is 0 Å². The Bertz CT molecular complexity index is 152. The van der Waals surface area contributed by atoms with Crippen LogP contribution in [0.2, 0.25) is 0 Å². The number of hydrogen-bond donors (Lipinski definition) is 1. The molecule has 2 atom stereocenters. The normalized spacial score (nSPS) is 29.4. The Balaban J connectivity index is 2.07. The van der Waals surface area contributed by atoms with Crippen LogP contribution in [0.1, 0.15) is 26.7 Å². The van der Waals surface area contributed by atoms with Gasteiger partial charge in [-0.05, 0) is 18.8 Å². The summed E-state index contributed by atoms with van der Waals surface area (Å²) in [6.45, 7) is 8.97. The second kappa shape index (κ2) is 6.38. The van der Waals surface area contributed by atoms with Gasteiger partial charge in [0.15, 0.2) is 0 Å². The van der Waals surface area contributed by atoms with E-state index in [2.05, 4.69) is 18.7 Å². The molecule has 1 aliphatic heterocycles. The lowest BCUT2D eigenvalue weighted by Crippen LogP contribution is -2.43. The lowest BCUT2D eigenvalue weighted by Gasteiger charge is -2.34. The Hall–Kier alpha value is -0.120. The maximum atomic E-state index is 9.55.